The Morgan fingerprint density at radius 3 is 2.79 bits per heavy atom. The van der Waals surface area contributed by atoms with E-state index in [1.165, 1.54) is 0 Å². The van der Waals surface area contributed by atoms with Crippen molar-refractivity contribution in [1.82, 2.24) is 9.32 Å². The van der Waals surface area contributed by atoms with E-state index < -0.39 is 0 Å². The molecule has 1 saturated heterocycles. The number of carbonyl (C=O) groups excluding carboxylic acids is 1. The van der Waals surface area contributed by atoms with Gasteiger partial charge in [0.15, 0.2) is 0 Å². The van der Waals surface area contributed by atoms with Gasteiger partial charge in [-0.05, 0) is 30.7 Å². The fourth-order valence-corrected chi connectivity index (χ4v) is 2.20. The molecule has 0 aromatic heterocycles. The molecule has 19 heavy (non-hydrogen) atoms. The zero-order valence-electron chi connectivity index (χ0n) is 11.1. The van der Waals surface area contributed by atoms with Crippen LogP contribution in [-0.4, -0.2) is 41.1 Å². The summed E-state index contributed by atoms with van der Waals surface area (Å²) in [7, 11) is 0. The first kappa shape index (κ1) is 14.2. The minimum Gasteiger partial charge on any atom is -0.445 e. The van der Waals surface area contributed by atoms with Gasteiger partial charge in [-0.2, -0.15) is 0 Å². The number of benzene rings is 1. The summed E-state index contributed by atoms with van der Waals surface area (Å²) in [6.45, 7) is 4.35. The molecule has 4 nitrogen and oxygen atoms in total. The van der Waals surface area contributed by atoms with Gasteiger partial charge in [-0.1, -0.05) is 30.3 Å². The third-order valence-electron chi connectivity index (χ3n) is 3.34. The number of hydrogen-bond acceptors (Lipinski definition) is 3. The molecule has 104 valence electrons. The molecule has 5 heteroatoms. The Bertz CT molecular complexity index is 401. The topological polar surface area (TPSA) is 32.8 Å². The van der Waals surface area contributed by atoms with Crippen LogP contribution in [-0.2, 0) is 11.3 Å². The predicted molar refractivity (Wildman–Crippen MR) is 74.8 cm³/mol. The Morgan fingerprint density at radius 1 is 1.32 bits per heavy atom. The van der Waals surface area contributed by atoms with E-state index in [1.807, 2.05) is 30.3 Å². The first-order chi connectivity index (χ1) is 9.16. The second kappa shape index (κ2) is 6.78. The monoisotopic (exact) mass is 282 g/mol. The van der Waals surface area contributed by atoms with Crippen LogP contribution in [0.25, 0.3) is 0 Å². The van der Waals surface area contributed by atoms with Crippen LogP contribution in [0.15, 0.2) is 30.3 Å². The average Bonchev–Trinajstić information content (AvgIpc) is 2.60. The van der Waals surface area contributed by atoms with Crippen molar-refractivity contribution in [3.8, 4) is 0 Å². The molecule has 0 unspecified atom stereocenters. The summed E-state index contributed by atoms with van der Waals surface area (Å²) >= 11 is 6.07. The maximum Gasteiger partial charge on any atom is 0.410 e. The van der Waals surface area contributed by atoms with Crippen molar-refractivity contribution in [2.45, 2.75) is 26.0 Å². The molecule has 1 aliphatic rings. The molecule has 1 aromatic carbocycles. The third-order valence-corrected chi connectivity index (χ3v) is 3.84. The summed E-state index contributed by atoms with van der Waals surface area (Å²) in [4.78, 5) is 13.7. The van der Waals surface area contributed by atoms with Gasteiger partial charge in [0.2, 0.25) is 0 Å². The predicted octanol–water partition coefficient (Wildman–Crippen LogP) is 2.87. The van der Waals surface area contributed by atoms with E-state index >= 15 is 0 Å². The van der Waals surface area contributed by atoms with Crippen LogP contribution in [0.4, 0.5) is 4.79 Å². The Labute approximate surface area is 119 Å². The van der Waals surface area contributed by atoms with E-state index in [1.54, 1.807) is 9.32 Å². The Morgan fingerprint density at radius 2 is 2.05 bits per heavy atom. The highest BCUT2D eigenvalue weighted by Gasteiger charge is 2.23. The highest BCUT2D eigenvalue weighted by molar-refractivity contribution is 6.13. The zero-order chi connectivity index (χ0) is 13.7. The second-order valence-corrected chi connectivity index (χ2v) is 5.22. The van der Waals surface area contributed by atoms with Gasteiger partial charge in [0, 0.05) is 25.7 Å². The quantitative estimate of drug-likeness (QED) is 0.782. The van der Waals surface area contributed by atoms with Gasteiger partial charge in [-0.15, -0.1) is 0 Å². The van der Waals surface area contributed by atoms with Crippen LogP contribution in [0.3, 0.4) is 0 Å². The highest BCUT2D eigenvalue weighted by Crippen LogP contribution is 2.14. The summed E-state index contributed by atoms with van der Waals surface area (Å²) in [6, 6.07) is 9.98. The number of ether oxygens (including phenoxy) is 1. The van der Waals surface area contributed by atoms with Gasteiger partial charge in [0.1, 0.15) is 6.61 Å². The van der Waals surface area contributed by atoms with Crippen molar-refractivity contribution in [3.05, 3.63) is 35.9 Å². The first-order valence-corrected chi connectivity index (χ1v) is 6.88. The molecule has 0 saturated carbocycles. The molecule has 2 rings (SSSR count). The van der Waals surface area contributed by atoms with E-state index in [2.05, 4.69) is 6.92 Å². The van der Waals surface area contributed by atoms with Gasteiger partial charge in [-0.25, -0.2) is 9.21 Å². The standard InChI is InChI=1S/C14H19ClN2O2/c1-12-7-8-16(9-10-17(12)15)14(18)19-11-13-5-3-2-4-6-13/h2-6,12H,7-11H2,1H3/t12-/m1/s1. The molecule has 1 aromatic rings. The van der Waals surface area contributed by atoms with Crippen LogP contribution in [0.5, 0.6) is 0 Å². The third kappa shape index (κ3) is 4.11. The lowest BCUT2D eigenvalue weighted by molar-refractivity contribution is 0.0980. The molecular weight excluding hydrogens is 264 g/mol. The van der Waals surface area contributed by atoms with E-state index in [4.69, 9.17) is 16.5 Å². The maximum atomic E-state index is 12.0. The molecule has 1 aliphatic heterocycles. The maximum absolute atomic E-state index is 12.0. The molecular formula is C14H19ClN2O2. The second-order valence-electron chi connectivity index (χ2n) is 4.79. The van der Waals surface area contributed by atoms with Crippen molar-refractivity contribution >= 4 is 17.9 Å². The lowest BCUT2D eigenvalue weighted by Crippen LogP contribution is -2.34. The molecule has 0 spiro atoms. The zero-order valence-corrected chi connectivity index (χ0v) is 11.8. The number of hydrogen-bond donors (Lipinski definition) is 0. The van der Waals surface area contributed by atoms with Crippen LogP contribution in [0.2, 0.25) is 0 Å². The van der Waals surface area contributed by atoms with Gasteiger partial charge in [0.25, 0.3) is 0 Å². The van der Waals surface area contributed by atoms with E-state index in [0.29, 0.717) is 26.2 Å². The Balaban J connectivity index is 1.83. The first-order valence-electron chi connectivity index (χ1n) is 6.55. The molecule has 1 amide bonds. The summed E-state index contributed by atoms with van der Waals surface area (Å²) in [6.07, 6.45) is 0.604. The van der Waals surface area contributed by atoms with Crippen LogP contribution in [0.1, 0.15) is 18.9 Å². The molecule has 0 radical (unpaired) electrons. The van der Waals surface area contributed by atoms with Crippen molar-refractivity contribution in [3.63, 3.8) is 0 Å². The van der Waals surface area contributed by atoms with Gasteiger partial charge in [-0.3, -0.25) is 0 Å². The summed E-state index contributed by atoms with van der Waals surface area (Å²) in [5, 5.41) is 0. The summed E-state index contributed by atoms with van der Waals surface area (Å²) < 4.78 is 7.07. The molecule has 1 atom stereocenters. The van der Waals surface area contributed by atoms with Crippen LogP contribution < -0.4 is 0 Å². The number of nitrogens with zero attached hydrogens (tertiary/aromatic N) is 2. The van der Waals surface area contributed by atoms with Gasteiger partial charge in [0.05, 0.1) is 0 Å². The van der Waals surface area contributed by atoms with Crippen molar-refractivity contribution in [2.24, 2.45) is 0 Å². The summed E-state index contributed by atoms with van der Waals surface area (Å²) in [5.41, 5.74) is 0.998. The number of halogens is 1. The van der Waals surface area contributed by atoms with Crippen molar-refractivity contribution in [1.29, 1.82) is 0 Å². The highest BCUT2D eigenvalue weighted by atomic mass is 35.5. The van der Waals surface area contributed by atoms with E-state index in [9.17, 15) is 4.79 Å². The molecule has 1 heterocycles. The van der Waals surface area contributed by atoms with Crippen molar-refractivity contribution in [2.75, 3.05) is 19.6 Å². The number of rotatable bonds is 2. The minimum atomic E-state index is -0.261. The van der Waals surface area contributed by atoms with Gasteiger partial charge >= 0.3 is 6.09 Å². The van der Waals surface area contributed by atoms with Crippen molar-refractivity contribution < 1.29 is 9.53 Å². The normalized spacial score (nSPS) is 20.9. The number of carbonyl (C=O) groups is 1. The SMILES string of the molecule is C[C@@H]1CCN(C(=O)OCc2ccccc2)CCN1Cl. The molecule has 0 aliphatic carbocycles. The van der Waals surface area contributed by atoms with Crippen LogP contribution >= 0.6 is 11.8 Å². The van der Waals surface area contributed by atoms with Gasteiger partial charge < -0.3 is 9.64 Å². The smallest absolute Gasteiger partial charge is 0.410 e. The largest absolute Gasteiger partial charge is 0.445 e. The molecule has 0 bridgehead atoms. The van der Waals surface area contributed by atoms with E-state index in [0.717, 1.165) is 12.0 Å². The molecule has 0 N–H and O–H groups in total. The Kier molecular flexibility index (Phi) is 5.05. The number of amides is 1. The fourth-order valence-electron chi connectivity index (χ4n) is 2.02. The fraction of sp³-hybridized carbons (Fsp3) is 0.500. The lowest BCUT2D eigenvalue weighted by atomic mass is 10.2. The lowest BCUT2D eigenvalue weighted by Gasteiger charge is -2.19. The minimum absolute atomic E-state index is 0.261. The molecule has 1 fully saturated rings. The van der Waals surface area contributed by atoms with Crippen LogP contribution in [0, 0.1) is 0 Å². The average molecular weight is 283 g/mol. The van der Waals surface area contributed by atoms with E-state index in [-0.39, 0.29) is 12.1 Å². The summed E-state index contributed by atoms with van der Waals surface area (Å²) in [5.74, 6) is 0. The Hall–Kier alpha value is -1.26.